The van der Waals surface area contributed by atoms with Crippen LogP contribution in [0.5, 0.6) is 5.75 Å². The van der Waals surface area contributed by atoms with Crippen LogP contribution in [-0.4, -0.2) is 31.4 Å². The van der Waals surface area contributed by atoms with Crippen molar-refractivity contribution in [3.8, 4) is 5.75 Å². The van der Waals surface area contributed by atoms with Gasteiger partial charge in [-0.1, -0.05) is 24.3 Å². The molecular formula is C17H19NO6. The van der Waals surface area contributed by atoms with E-state index in [0.29, 0.717) is 12.8 Å². The van der Waals surface area contributed by atoms with Gasteiger partial charge in [0.05, 0.1) is 26.7 Å². The van der Waals surface area contributed by atoms with Crippen LogP contribution >= 0.6 is 0 Å². The maximum Gasteiger partial charge on any atom is 0.310 e. The lowest BCUT2D eigenvalue weighted by molar-refractivity contribution is -0.757. The first-order chi connectivity index (χ1) is 11.6. The number of ether oxygens (including phenoxy) is 2. The SMILES string of the molecule is COc1ccc2cc(CC(=O)OCCCCO[N+](=O)[O-])ccc2c1. The molecule has 0 unspecified atom stereocenters. The van der Waals surface area contributed by atoms with Gasteiger partial charge in [-0.2, -0.15) is 0 Å². The van der Waals surface area contributed by atoms with Gasteiger partial charge in [0.2, 0.25) is 0 Å². The number of benzene rings is 2. The van der Waals surface area contributed by atoms with E-state index < -0.39 is 5.09 Å². The van der Waals surface area contributed by atoms with Crippen molar-refractivity contribution in [2.75, 3.05) is 20.3 Å². The fraction of sp³-hybridized carbons (Fsp3) is 0.353. The molecule has 0 spiro atoms. The van der Waals surface area contributed by atoms with E-state index in [4.69, 9.17) is 9.47 Å². The first-order valence-electron chi connectivity index (χ1n) is 7.58. The van der Waals surface area contributed by atoms with Crippen molar-refractivity contribution in [1.29, 1.82) is 0 Å². The van der Waals surface area contributed by atoms with Crippen molar-refractivity contribution in [2.45, 2.75) is 19.3 Å². The summed E-state index contributed by atoms with van der Waals surface area (Å²) in [6, 6.07) is 11.5. The second-order valence-electron chi connectivity index (χ2n) is 5.21. The Bertz CT molecular complexity index is 715. The number of methoxy groups -OCH3 is 1. The average Bonchev–Trinajstić information content (AvgIpc) is 2.57. The van der Waals surface area contributed by atoms with Gasteiger partial charge in [0.25, 0.3) is 5.09 Å². The van der Waals surface area contributed by atoms with Crippen LogP contribution in [0.15, 0.2) is 36.4 Å². The first-order valence-corrected chi connectivity index (χ1v) is 7.58. The molecule has 0 aliphatic rings. The predicted octanol–water partition coefficient (Wildman–Crippen LogP) is 2.92. The van der Waals surface area contributed by atoms with Crippen LogP contribution in [0.1, 0.15) is 18.4 Å². The van der Waals surface area contributed by atoms with Gasteiger partial charge < -0.3 is 14.3 Å². The summed E-state index contributed by atoms with van der Waals surface area (Å²) in [5, 5.41) is 11.2. The monoisotopic (exact) mass is 333 g/mol. The van der Waals surface area contributed by atoms with Gasteiger partial charge in [-0.05, 0) is 41.3 Å². The molecule has 2 aromatic rings. The molecule has 0 fully saturated rings. The molecule has 0 amide bonds. The number of rotatable bonds is 9. The second kappa shape index (κ2) is 8.71. The summed E-state index contributed by atoms with van der Waals surface area (Å²) < 4.78 is 10.3. The van der Waals surface area contributed by atoms with Gasteiger partial charge in [0.15, 0.2) is 0 Å². The Hall–Kier alpha value is -2.83. The summed E-state index contributed by atoms with van der Waals surface area (Å²) >= 11 is 0. The van der Waals surface area contributed by atoms with E-state index in [-0.39, 0.29) is 25.6 Å². The van der Waals surface area contributed by atoms with Crippen molar-refractivity contribution >= 4 is 16.7 Å². The molecule has 7 heteroatoms. The quantitative estimate of drug-likeness (QED) is 0.303. The van der Waals surface area contributed by atoms with Gasteiger partial charge in [-0.15, -0.1) is 10.1 Å². The van der Waals surface area contributed by atoms with Crippen LogP contribution in [0.25, 0.3) is 10.8 Å². The van der Waals surface area contributed by atoms with Crippen LogP contribution in [0.4, 0.5) is 0 Å². The Morgan fingerprint density at radius 2 is 1.79 bits per heavy atom. The minimum atomic E-state index is -0.832. The van der Waals surface area contributed by atoms with Gasteiger partial charge in [0.1, 0.15) is 5.75 Å². The summed E-state index contributed by atoms with van der Waals surface area (Å²) in [5.41, 5.74) is 0.870. The Morgan fingerprint density at radius 1 is 1.08 bits per heavy atom. The van der Waals surface area contributed by atoms with E-state index in [1.54, 1.807) is 7.11 Å². The zero-order valence-electron chi connectivity index (χ0n) is 13.4. The molecule has 128 valence electrons. The van der Waals surface area contributed by atoms with Gasteiger partial charge in [-0.25, -0.2) is 0 Å². The number of esters is 1. The lowest BCUT2D eigenvalue weighted by Gasteiger charge is -2.07. The molecule has 0 saturated heterocycles. The third kappa shape index (κ3) is 5.42. The van der Waals surface area contributed by atoms with Crippen molar-refractivity contribution in [3.05, 3.63) is 52.1 Å². The average molecular weight is 333 g/mol. The Labute approximate surface area is 139 Å². The highest BCUT2D eigenvalue weighted by Crippen LogP contribution is 2.22. The van der Waals surface area contributed by atoms with Crippen molar-refractivity contribution in [3.63, 3.8) is 0 Å². The van der Waals surface area contributed by atoms with Crippen LogP contribution in [0.3, 0.4) is 0 Å². The van der Waals surface area contributed by atoms with E-state index in [1.807, 2.05) is 36.4 Å². The van der Waals surface area contributed by atoms with E-state index >= 15 is 0 Å². The van der Waals surface area contributed by atoms with Crippen LogP contribution in [0.2, 0.25) is 0 Å². The molecule has 2 rings (SSSR count). The lowest BCUT2D eigenvalue weighted by atomic mass is 10.0. The maximum atomic E-state index is 11.8. The standard InChI is InChI=1S/C17H19NO6/c1-22-16-7-6-14-10-13(4-5-15(14)12-16)11-17(19)23-8-2-3-9-24-18(20)21/h4-7,10,12H,2-3,8-9,11H2,1H3. The molecule has 2 aromatic carbocycles. The molecule has 0 atom stereocenters. The van der Waals surface area contributed by atoms with E-state index in [9.17, 15) is 14.9 Å². The third-order valence-electron chi connectivity index (χ3n) is 3.46. The number of carbonyl (C=O) groups is 1. The van der Waals surface area contributed by atoms with Crippen molar-refractivity contribution in [1.82, 2.24) is 0 Å². The minimum Gasteiger partial charge on any atom is -0.497 e. The van der Waals surface area contributed by atoms with E-state index in [2.05, 4.69) is 4.84 Å². The minimum absolute atomic E-state index is 0.0126. The third-order valence-corrected chi connectivity index (χ3v) is 3.46. The van der Waals surface area contributed by atoms with Gasteiger partial charge in [-0.3, -0.25) is 4.79 Å². The molecule has 0 N–H and O–H groups in total. The first kappa shape index (κ1) is 17.5. The van der Waals surface area contributed by atoms with Crippen molar-refractivity contribution < 1.29 is 24.2 Å². The number of hydrogen-bond donors (Lipinski definition) is 0. The molecule has 0 saturated carbocycles. The highest BCUT2D eigenvalue weighted by molar-refractivity contribution is 5.85. The molecular weight excluding hydrogens is 314 g/mol. The van der Waals surface area contributed by atoms with Crippen LogP contribution < -0.4 is 4.74 Å². The molecule has 0 aliphatic carbocycles. The van der Waals surface area contributed by atoms with Crippen LogP contribution in [-0.2, 0) is 20.8 Å². The normalized spacial score (nSPS) is 10.4. The van der Waals surface area contributed by atoms with Crippen LogP contribution in [0, 0.1) is 10.1 Å². The number of carbonyl (C=O) groups excluding carboxylic acids is 1. The fourth-order valence-electron chi connectivity index (χ4n) is 2.26. The van der Waals surface area contributed by atoms with E-state index in [1.165, 1.54) is 0 Å². The molecule has 0 heterocycles. The topological polar surface area (TPSA) is 87.9 Å². The number of nitrogens with zero attached hydrogens (tertiary/aromatic N) is 1. The number of unbranched alkanes of at least 4 members (excludes halogenated alkanes) is 1. The van der Waals surface area contributed by atoms with Gasteiger partial charge >= 0.3 is 5.97 Å². The Morgan fingerprint density at radius 3 is 2.54 bits per heavy atom. The summed E-state index contributed by atoms with van der Waals surface area (Å²) in [7, 11) is 1.62. The number of hydrogen-bond acceptors (Lipinski definition) is 6. The largest absolute Gasteiger partial charge is 0.497 e. The summed E-state index contributed by atoms with van der Waals surface area (Å²) in [5.74, 6) is 0.466. The summed E-state index contributed by atoms with van der Waals surface area (Å²) in [4.78, 5) is 25.9. The molecule has 0 aliphatic heterocycles. The molecule has 0 bridgehead atoms. The lowest BCUT2D eigenvalue weighted by Crippen LogP contribution is -2.10. The number of fused-ring (bicyclic) bond motifs is 1. The molecule has 7 nitrogen and oxygen atoms in total. The highest BCUT2D eigenvalue weighted by atomic mass is 16.9. The summed E-state index contributed by atoms with van der Waals surface area (Å²) in [6.07, 6.45) is 1.18. The Balaban J connectivity index is 1.79. The molecule has 0 radical (unpaired) electrons. The molecule has 24 heavy (non-hydrogen) atoms. The van der Waals surface area contributed by atoms with Gasteiger partial charge in [0, 0.05) is 0 Å². The second-order valence-corrected chi connectivity index (χ2v) is 5.21. The zero-order valence-corrected chi connectivity index (χ0v) is 13.4. The predicted molar refractivity (Wildman–Crippen MR) is 87.3 cm³/mol. The smallest absolute Gasteiger partial charge is 0.310 e. The Kier molecular flexibility index (Phi) is 6.36. The molecule has 0 aromatic heterocycles. The summed E-state index contributed by atoms with van der Waals surface area (Å²) in [6.45, 7) is 0.239. The van der Waals surface area contributed by atoms with E-state index in [0.717, 1.165) is 22.1 Å². The maximum absolute atomic E-state index is 11.8. The fourth-order valence-corrected chi connectivity index (χ4v) is 2.26. The van der Waals surface area contributed by atoms with Crippen molar-refractivity contribution in [2.24, 2.45) is 0 Å². The zero-order chi connectivity index (χ0) is 17.4. The highest BCUT2D eigenvalue weighted by Gasteiger charge is 2.06.